The lowest BCUT2D eigenvalue weighted by Gasteiger charge is -2.45. The number of carboxylic acids is 2. The minimum absolute atomic E-state index is 0.0594. The molecule has 40 heavy (non-hydrogen) atoms. The Morgan fingerprint density at radius 3 is 1.70 bits per heavy atom. The molecule has 2 aromatic carbocycles. The van der Waals surface area contributed by atoms with E-state index in [4.69, 9.17) is 0 Å². The molecule has 0 saturated carbocycles. The van der Waals surface area contributed by atoms with E-state index in [1.807, 2.05) is 0 Å². The lowest BCUT2D eigenvalue weighted by molar-refractivity contribution is -0.385. The third kappa shape index (κ3) is 4.89. The van der Waals surface area contributed by atoms with Crippen molar-refractivity contribution in [3.63, 3.8) is 0 Å². The molecule has 1 aliphatic rings. The van der Waals surface area contributed by atoms with Crippen molar-refractivity contribution < 1.29 is 29.6 Å². The van der Waals surface area contributed by atoms with E-state index in [1.165, 1.54) is 60.9 Å². The van der Waals surface area contributed by atoms with Crippen LogP contribution in [0, 0.1) is 20.2 Å². The van der Waals surface area contributed by atoms with Gasteiger partial charge in [0.15, 0.2) is 0 Å². The van der Waals surface area contributed by atoms with Gasteiger partial charge in [-0.1, -0.05) is 30.3 Å². The minimum Gasteiger partial charge on any atom is -0.478 e. The van der Waals surface area contributed by atoms with E-state index in [-0.39, 0.29) is 46.9 Å². The Balaban J connectivity index is 1.96. The molecule has 0 saturated heterocycles. The van der Waals surface area contributed by atoms with Crippen LogP contribution in [0.4, 0.5) is 11.4 Å². The van der Waals surface area contributed by atoms with Gasteiger partial charge in [0.1, 0.15) is 0 Å². The Morgan fingerprint density at radius 2 is 1.30 bits per heavy atom. The van der Waals surface area contributed by atoms with E-state index in [9.17, 15) is 40.0 Å². The molecular formula is C28H24N4O8. The first-order valence-corrected chi connectivity index (χ1v) is 12.0. The molecule has 2 heterocycles. The number of aliphatic carboxylic acids is 2. The molecule has 3 aromatic rings. The Bertz CT molecular complexity index is 1520. The number of nitrogens with zero attached hydrogens (tertiary/aromatic N) is 4. The van der Waals surface area contributed by atoms with Gasteiger partial charge in [-0.05, 0) is 43.0 Å². The van der Waals surface area contributed by atoms with Gasteiger partial charge in [0.2, 0.25) is 0 Å². The number of aromatic nitrogens is 1. The largest absolute Gasteiger partial charge is 0.478 e. The van der Waals surface area contributed by atoms with Gasteiger partial charge in [0, 0.05) is 54.6 Å². The van der Waals surface area contributed by atoms with Crippen LogP contribution >= 0.6 is 0 Å². The van der Waals surface area contributed by atoms with Crippen LogP contribution in [-0.4, -0.2) is 41.9 Å². The molecule has 0 atom stereocenters. The number of hydrogen-bond acceptors (Lipinski definition) is 8. The van der Waals surface area contributed by atoms with Gasteiger partial charge in [-0.25, -0.2) is 9.59 Å². The van der Waals surface area contributed by atoms with E-state index in [0.717, 1.165) is 0 Å². The highest BCUT2D eigenvalue weighted by Gasteiger charge is 2.52. The summed E-state index contributed by atoms with van der Waals surface area (Å²) in [6.45, 7) is 3.22. The van der Waals surface area contributed by atoms with E-state index in [1.54, 1.807) is 30.9 Å². The zero-order valence-corrected chi connectivity index (χ0v) is 21.5. The van der Waals surface area contributed by atoms with Gasteiger partial charge in [-0.2, -0.15) is 0 Å². The van der Waals surface area contributed by atoms with Crippen LogP contribution in [0.3, 0.4) is 0 Å². The second-order valence-corrected chi connectivity index (χ2v) is 9.29. The van der Waals surface area contributed by atoms with E-state index in [0.29, 0.717) is 16.7 Å². The van der Waals surface area contributed by atoms with Gasteiger partial charge in [-0.3, -0.25) is 25.2 Å². The number of nitro groups is 2. The molecule has 4 rings (SSSR count). The van der Waals surface area contributed by atoms with Crippen LogP contribution in [0.25, 0.3) is 0 Å². The first-order chi connectivity index (χ1) is 19.0. The van der Waals surface area contributed by atoms with Crippen molar-refractivity contribution in [3.05, 3.63) is 133 Å². The molecule has 12 heteroatoms. The van der Waals surface area contributed by atoms with E-state index in [2.05, 4.69) is 4.98 Å². The average Bonchev–Trinajstić information content (AvgIpc) is 2.91. The summed E-state index contributed by atoms with van der Waals surface area (Å²) < 4.78 is 0. The number of allylic oxidation sites excluding steroid dienone is 2. The van der Waals surface area contributed by atoms with Crippen LogP contribution in [0.15, 0.2) is 95.6 Å². The Labute approximate surface area is 227 Å². The van der Waals surface area contributed by atoms with Gasteiger partial charge in [0.05, 0.1) is 26.4 Å². The first-order valence-electron chi connectivity index (χ1n) is 12.0. The number of carbonyl (C=O) groups is 2. The third-order valence-electron chi connectivity index (χ3n) is 7.07. The number of hydrogen-bond donors (Lipinski definition) is 2. The smallest absolute Gasteiger partial charge is 0.334 e. The van der Waals surface area contributed by atoms with E-state index >= 15 is 0 Å². The van der Waals surface area contributed by atoms with Crippen molar-refractivity contribution in [1.82, 2.24) is 9.88 Å². The molecule has 0 aliphatic carbocycles. The monoisotopic (exact) mass is 544 g/mol. The highest BCUT2D eigenvalue weighted by molar-refractivity contribution is 6.00. The van der Waals surface area contributed by atoms with Crippen LogP contribution in [-0.2, 0) is 28.0 Å². The van der Waals surface area contributed by atoms with Crippen LogP contribution < -0.4 is 0 Å². The van der Waals surface area contributed by atoms with E-state index < -0.39 is 27.2 Å². The summed E-state index contributed by atoms with van der Waals surface area (Å²) in [5.41, 5.74) is -0.394. The molecule has 1 aromatic heterocycles. The fraction of sp³-hybridized carbons (Fsp3) is 0.179. The van der Waals surface area contributed by atoms with Crippen molar-refractivity contribution >= 4 is 23.3 Å². The first kappa shape index (κ1) is 27.6. The molecule has 2 N–H and O–H groups in total. The van der Waals surface area contributed by atoms with Crippen molar-refractivity contribution in [1.29, 1.82) is 0 Å². The number of pyridine rings is 1. The van der Waals surface area contributed by atoms with Crippen molar-refractivity contribution in [2.24, 2.45) is 0 Å². The molecule has 0 amide bonds. The summed E-state index contributed by atoms with van der Waals surface area (Å²) in [6, 6.07) is 14.4. The zero-order valence-electron chi connectivity index (χ0n) is 21.5. The zero-order chi connectivity index (χ0) is 29.2. The van der Waals surface area contributed by atoms with Crippen molar-refractivity contribution in [2.45, 2.75) is 32.2 Å². The Kier molecular flexibility index (Phi) is 7.44. The number of benzene rings is 2. The second-order valence-electron chi connectivity index (χ2n) is 9.29. The Morgan fingerprint density at radius 1 is 0.825 bits per heavy atom. The van der Waals surface area contributed by atoms with Gasteiger partial charge in [0.25, 0.3) is 11.4 Å². The second kappa shape index (κ2) is 10.8. The van der Waals surface area contributed by atoms with Gasteiger partial charge >= 0.3 is 11.9 Å². The third-order valence-corrected chi connectivity index (χ3v) is 7.07. The lowest BCUT2D eigenvalue weighted by Crippen LogP contribution is -2.47. The fourth-order valence-electron chi connectivity index (χ4n) is 5.31. The maximum absolute atomic E-state index is 13.0. The SMILES string of the molecule is CC1=C(C(=O)O)C(Cc2ccc([N+](=O)[O-])cc2)(c2cccnc2)C(C(=O)O)=C(C)N1Cc1ccc([N+](=O)[O-])cc1. The highest BCUT2D eigenvalue weighted by atomic mass is 16.6. The predicted molar refractivity (Wildman–Crippen MR) is 142 cm³/mol. The molecular weight excluding hydrogens is 520 g/mol. The molecule has 12 nitrogen and oxygen atoms in total. The van der Waals surface area contributed by atoms with Crippen molar-refractivity contribution in [3.8, 4) is 0 Å². The minimum atomic E-state index is -1.71. The summed E-state index contributed by atoms with van der Waals surface area (Å²) in [7, 11) is 0. The summed E-state index contributed by atoms with van der Waals surface area (Å²) in [5, 5.41) is 43.4. The normalized spacial score (nSPS) is 14.7. The standard InChI is InChI=1S/C28H24N4O8/c1-17-24(26(33)34)28(21-4-3-13-29-15-21,14-19-5-9-22(10-6-19)31(37)38)25(27(35)36)18(2)30(17)16-20-7-11-23(12-8-20)32(39)40/h3-13,15H,14,16H2,1-2H3,(H,33,34)(H,35,36). The molecule has 0 bridgehead atoms. The van der Waals surface area contributed by atoms with Crippen LogP contribution in [0.5, 0.6) is 0 Å². The van der Waals surface area contributed by atoms with Gasteiger partial charge in [-0.15, -0.1) is 0 Å². The number of carboxylic acid groups (broad SMARTS) is 2. The average molecular weight is 545 g/mol. The predicted octanol–water partition coefficient (Wildman–Crippen LogP) is 4.61. The van der Waals surface area contributed by atoms with Crippen LogP contribution in [0.1, 0.15) is 30.5 Å². The molecule has 0 spiro atoms. The summed E-state index contributed by atoms with van der Waals surface area (Å²) in [4.78, 5) is 52.8. The fourth-order valence-corrected chi connectivity index (χ4v) is 5.31. The molecule has 0 unspecified atom stereocenters. The number of non-ortho nitro benzene ring substituents is 2. The Hall–Kier alpha value is -5.39. The molecule has 1 aliphatic heterocycles. The molecule has 0 fully saturated rings. The summed E-state index contributed by atoms with van der Waals surface area (Å²) in [6.07, 6.45) is 2.78. The van der Waals surface area contributed by atoms with Gasteiger partial charge < -0.3 is 15.1 Å². The quantitative estimate of drug-likeness (QED) is 0.285. The lowest BCUT2D eigenvalue weighted by atomic mass is 9.62. The molecule has 204 valence electrons. The maximum atomic E-state index is 13.0. The van der Waals surface area contributed by atoms with Crippen LogP contribution in [0.2, 0.25) is 0 Å². The number of rotatable bonds is 9. The summed E-state index contributed by atoms with van der Waals surface area (Å²) >= 11 is 0. The maximum Gasteiger partial charge on any atom is 0.334 e. The number of nitro benzene ring substituents is 2. The highest BCUT2D eigenvalue weighted by Crippen LogP contribution is 2.49. The molecule has 0 radical (unpaired) electrons. The van der Waals surface area contributed by atoms with Crippen molar-refractivity contribution in [2.75, 3.05) is 0 Å². The topological polar surface area (TPSA) is 177 Å². The summed E-state index contributed by atoms with van der Waals surface area (Å²) in [5.74, 6) is -2.69.